The molecule has 0 radical (unpaired) electrons. The van der Waals surface area contributed by atoms with E-state index in [9.17, 15) is 0 Å². The molecule has 2 aromatic heterocycles. The van der Waals surface area contributed by atoms with Gasteiger partial charge in [0.25, 0.3) is 0 Å². The third-order valence-corrected chi connectivity index (χ3v) is 7.88. The number of pyridine rings is 1. The fourth-order valence-electron chi connectivity index (χ4n) is 5.61. The lowest BCUT2D eigenvalue weighted by Crippen LogP contribution is -1.97. The summed E-state index contributed by atoms with van der Waals surface area (Å²) in [5.41, 5.74) is 11.7. The van der Waals surface area contributed by atoms with Gasteiger partial charge in [0.15, 0.2) is 5.82 Å². The van der Waals surface area contributed by atoms with Gasteiger partial charge in [-0.3, -0.25) is 9.98 Å². The van der Waals surface area contributed by atoms with E-state index in [1.807, 2.05) is 67.7 Å². The SMILES string of the molecule is C=Nc1cc(-c2cc(-c3ccc4cccnc4c3)cc(-c3nc(-c4ccccc4)cc(-c4ccccc4)n3)c2)ccc1/C=C\C. The number of hydrogen-bond acceptors (Lipinski definition) is 4. The Balaban J connectivity index is 1.46. The van der Waals surface area contributed by atoms with E-state index in [0.717, 1.165) is 72.5 Å². The molecular formula is C41H30N4. The van der Waals surface area contributed by atoms with Crippen LogP contribution in [0, 0.1) is 0 Å². The van der Waals surface area contributed by atoms with Crippen LogP contribution in [0.1, 0.15) is 12.5 Å². The van der Waals surface area contributed by atoms with Crippen molar-refractivity contribution in [3.05, 3.63) is 151 Å². The normalized spacial score (nSPS) is 11.2. The lowest BCUT2D eigenvalue weighted by atomic mass is 9.94. The van der Waals surface area contributed by atoms with Crippen molar-refractivity contribution in [3.8, 4) is 56.2 Å². The number of fused-ring (bicyclic) bond motifs is 1. The quantitative estimate of drug-likeness (QED) is 0.177. The van der Waals surface area contributed by atoms with Crippen LogP contribution in [0.15, 0.2) is 151 Å². The van der Waals surface area contributed by atoms with E-state index >= 15 is 0 Å². The maximum atomic E-state index is 5.13. The molecule has 0 saturated heterocycles. The topological polar surface area (TPSA) is 51.0 Å². The van der Waals surface area contributed by atoms with Crippen LogP contribution in [-0.2, 0) is 0 Å². The van der Waals surface area contributed by atoms with Gasteiger partial charge in [-0.05, 0) is 83.9 Å². The van der Waals surface area contributed by atoms with Gasteiger partial charge in [0, 0.05) is 28.3 Å². The summed E-state index contributed by atoms with van der Waals surface area (Å²) in [7, 11) is 0. The molecule has 0 bridgehead atoms. The van der Waals surface area contributed by atoms with Gasteiger partial charge in [-0.1, -0.05) is 103 Å². The predicted molar refractivity (Wildman–Crippen MR) is 188 cm³/mol. The Hall–Kier alpha value is -6.00. The smallest absolute Gasteiger partial charge is 0.160 e. The zero-order valence-corrected chi connectivity index (χ0v) is 24.9. The predicted octanol–water partition coefficient (Wildman–Crippen LogP) is 10.7. The highest BCUT2D eigenvalue weighted by Gasteiger charge is 2.14. The van der Waals surface area contributed by atoms with Gasteiger partial charge < -0.3 is 0 Å². The summed E-state index contributed by atoms with van der Waals surface area (Å²) < 4.78 is 0. The second-order valence-electron chi connectivity index (χ2n) is 10.8. The van der Waals surface area contributed by atoms with E-state index in [4.69, 9.17) is 9.97 Å². The molecule has 0 aliphatic carbocycles. The molecule has 4 nitrogen and oxygen atoms in total. The van der Waals surface area contributed by atoms with Gasteiger partial charge in [0.2, 0.25) is 0 Å². The second kappa shape index (κ2) is 12.3. The van der Waals surface area contributed by atoms with E-state index in [0.29, 0.717) is 5.82 Å². The number of aromatic nitrogens is 3. The van der Waals surface area contributed by atoms with Gasteiger partial charge >= 0.3 is 0 Å². The first kappa shape index (κ1) is 27.8. The van der Waals surface area contributed by atoms with Gasteiger partial charge in [-0.25, -0.2) is 9.97 Å². The van der Waals surface area contributed by atoms with Crippen molar-refractivity contribution < 1.29 is 0 Å². The third kappa shape index (κ3) is 5.82. The summed E-state index contributed by atoms with van der Waals surface area (Å²) >= 11 is 0. The summed E-state index contributed by atoms with van der Waals surface area (Å²) in [6, 6.07) is 45.9. The van der Waals surface area contributed by atoms with Gasteiger partial charge in [-0.2, -0.15) is 0 Å². The van der Waals surface area contributed by atoms with Crippen LogP contribution in [0.4, 0.5) is 5.69 Å². The Kier molecular flexibility index (Phi) is 7.61. The molecule has 0 aliphatic rings. The van der Waals surface area contributed by atoms with Crippen LogP contribution in [0.2, 0.25) is 0 Å². The maximum absolute atomic E-state index is 5.13. The maximum Gasteiger partial charge on any atom is 0.160 e. The summed E-state index contributed by atoms with van der Waals surface area (Å²) in [6.07, 6.45) is 5.89. The highest BCUT2D eigenvalue weighted by Crippen LogP contribution is 2.36. The molecule has 0 fully saturated rings. The molecule has 0 atom stereocenters. The molecule has 4 heteroatoms. The van der Waals surface area contributed by atoms with Crippen LogP contribution >= 0.6 is 0 Å². The Morgan fingerprint density at radius 1 is 0.556 bits per heavy atom. The largest absolute Gasteiger partial charge is 0.264 e. The van der Waals surface area contributed by atoms with E-state index < -0.39 is 0 Å². The van der Waals surface area contributed by atoms with Crippen molar-refractivity contribution in [1.29, 1.82) is 0 Å². The van der Waals surface area contributed by atoms with Crippen molar-refractivity contribution in [3.63, 3.8) is 0 Å². The Bertz CT molecular complexity index is 2130. The molecule has 0 amide bonds. The number of rotatable bonds is 7. The first-order chi connectivity index (χ1) is 22.2. The van der Waals surface area contributed by atoms with Gasteiger partial charge in [-0.15, -0.1) is 0 Å². The molecule has 214 valence electrons. The lowest BCUT2D eigenvalue weighted by Gasteiger charge is -2.14. The average molecular weight is 579 g/mol. The minimum absolute atomic E-state index is 0.657. The zero-order valence-electron chi connectivity index (χ0n) is 24.9. The van der Waals surface area contributed by atoms with Crippen LogP contribution in [0.3, 0.4) is 0 Å². The molecular weight excluding hydrogens is 548 g/mol. The van der Waals surface area contributed by atoms with E-state index in [2.05, 4.69) is 108 Å². The highest BCUT2D eigenvalue weighted by atomic mass is 14.9. The molecule has 7 aromatic rings. The summed E-state index contributed by atoms with van der Waals surface area (Å²) in [5.74, 6) is 0.657. The van der Waals surface area contributed by atoms with Gasteiger partial charge in [0.1, 0.15) is 0 Å². The van der Waals surface area contributed by atoms with Crippen LogP contribution in [0.25, 0.3) is 73.1 Å². The Morgan fingerprint density at radius 3 is 1.82 bits per heavy atom. The van der Waals surface area contributed by atoms with Crippen LogP contribution in [0.5, 0.6) is 0 Å². The standard InChI is InChI=1S/C41H30N4/c1-3-11-28-17-19-32(25-37(28)42-2)34-22-35(33-20-18-31-16-10-21-43-38(31)26-33)24-36(23-34)41-44-39(29-12-6-4-7-13-29)27-40(45-41)30-14-8-5-9-15-30/h3-27H,2H2,1H3/b11-3-. The molecule has 0 aliphatic heterocycles. The fourth-order valence-corrected chi connectivity index (χ4v) is 5.61. The number of hydrogen-bond donors (Lipinski definition) is 0. The number of allylic oxidation sites excluding steroid dienone is 1. The summed E-state index contributed by atoms with van der Waals surface area (Å²) in [6.45, 7) is 5.84. The average Bonchev–Trinajstić information content (AvgIpc) is 3.12. The number of aliphatic imine (C=N–C) groups is 1. The monoisotopic (exact) mass is 578 g/mol. The molecule has 45 heavy (non-hydrogen) atoms. The molecule has 7 rings (SSSR count). The molecule has 0 unspecified atom stereocenters. The van der Waals surface area contributed by atoms with Crippen molar-refractivity contribution in [1.82, 2.24) is 15.0 Å². The van der Waals surface area contributed by atoms with Crippen molar-refractivity contribution in [2.45, 2.75) is 6.92 Å². The zero-order chi connectivity index (χ0) is 30.6. The minimum Gasteiger partial charge on any atom is -0.264 e. The third-order valence-electron chi connectivity index (χ3n) is 7.88. The summed E-state index contributed by atoms with van der Waals surface area (Å²) in [4.78, 5) is 19.2. The molecule has 0 N–H and O–H groups in total. The first-order valence-corrected chi connectivity index (χ1v) is 14.9. The number of benzene rings is 5. The van der Waals surface area contributed by atoms with Crippen molar-refractivity contribution >= 4 is 29.4 Å². The summed E-state index contributed by atoms with van der Waals surface area (Å²) in [5, 5.41) is 1.10. The second-order valence-corrected chi connectivity index (χ2v) is 10.8. The molecule has 5 aromatic carbocycles. The minimum atomic E-state index is 0.657. The fraction of sp³-hybridized carbons (Fsp3) is 0.0244. The van der Waals surface area contributed by atoms with E-state index in [-0.39, 0.29) is 0 Å². The lowest BCUT2D eigenvalue weighted by molar-refractivity contribution is 1.18. The van der Waals surface area contributed by atoms with E-state index in [1.165, 1.54) is 0 Å². The molecule has 0 saturated carbocycles. The van der Waals surface area contributed by atoms with E-state index in [1.54, 1.807) is 0 Å². The molecule has 0 spiro atoms. The van der Waals surface area contributed by atoms with Crippen molar-refractivity contribution in [2.75, 3.05) is 0 Å². The number of nitrogens with zero attached hydrogens (tertiary/aromatic N) is 4. The van der Waals surface area contributed by atoms with Crippen LogP contribution < -0.4 is 0 Å². The highest BCUT2D eigenvalue weighted by molar-refractivity contribution is 5.87. The van der Waals surface area contributed by atoms with Gasteiger partial charge in [0.05, 0.1) is 22.6 Å². The van der Waals surface area contributed by atoms with Crippen LogP contribution in [-0.4, -0.2) is 21.7 Å². The molecule has 2 heterocycles. The van der Waals surface area contributed by atoms with Crippen molar-refractivity contribution in [2.24, 2.45) is 4.99 Å². The Labute approximate surface area is 263 Å². The Morgan fingerprint density at radius 2 is 1.18 bits per heavy atom. The first-order valence-electron chi connectivity index (χ1n) is 14.9.